The molecule has 2 N–H and O–H groups in total. The first-order chi connectivity index (χ1) is 6.68. The van der Waals surface area contributed by atoms with E-state index < -0.39 is 18.5 Å². The largest absolute Gasteiger partial charge is 0.480 e. The van der Waals surface area contributed by atoms with Crippen LogP contribution in [0.4, 0.5) is 5.69 Å². The molecule has 0 radical (unpaired) electrons. The van der Waals surface area contributed by atoms with Gasteiger partial charge in [-0.2, -0.15) is 0 Å². The molecule has 14 heavy (non-hydrogen) atoms. The molecular formula is C7H8N2O5. The van der Waals surface area contributed by atoms with Crippen molar-refractivity contribution in [1.29, 1.82) is 0 Å². The van der Waals surface area contributed by atoms with Crippen molar-refractivity contribution >= 4 is 17.6 Å². The van der Waals surface area contributed by atoms with E-state index in [1.54, 1.807) is 0 Å². The monoisotopic (exact) mass is 200 g/mol. The Labute approximate surface area is 78.6 Å². The van der Waals surface area contributed by atoms with Crippen molar-refractivity contribution in [2.45, 2.75) is 0 Å². The smallest absolute Gasteiger partial charge is 0.329 e. The molecule has 1 heterocycles. The number of hydrogen-bond donors (Lipinski definition) is 2. The normalized spacial score (nSPS) is 9.71. The molecule has 1 rings (SSSR count). The van der Waals surface area contributed by atoms with Gasteiger partial charge in [-0.15, -0.1) is 0 Å². The summed E-state index contributed by atoms with van der Waals surface area (Å²) in [7, 11) is 0. The predicted molar refractivity (Wildman–Crippen MR) is 43.6 cm³/mol. The number of carbonyl (C=O) groups excluding carboxylic acids is 1. The van der Waals surface area contributed by atoms with Gasteiger partial charge in [0.25, 0.3) is 5.91 Å². The van der Waals surface area contributed by atoms with E-state index in [0.29, 0.717) is 5.69 Å². The van der Waals surface area contributed by atoms with E-state index in [1.807, 2.05) is 0 Å². The maximum Gasteiger partial charge on any atom is 0.329 e. The summed E-state index contributed by atoms with van der Waals surface area (Å²) in [6, 6.07) is 0. The molecule has 0 saturated heterocycles. The van der Waals surface area contributed by atoms with Crippen molar-refractivity contribution < 1.29 is 24.0 Å². The number of anilines is 1. The fourth-order valence-electron chi connectivity index (χ4n) is 0.695. The van der Waals surface area contributed by atoms with Crippen molar-refractivity contribution in [1.82, 2.24) is 5.16 Å². The average Bonchev–Trinajstić information content (AvgIpc) is 2.56. The van der Waals surface area contributed by atoms with Crippen LogP contribution in [0, 0.1) is 0 Å². The molecule has 7 nitrogen and oxygen atoms in total. The molecule has 0 spiro atoms. The summed E-state index contributed by atoms with van der Waals surface area (Å²) >= 11 is 0. The number of carbonyl (C=O) groups is 2. The van der Waals surface area contributed by atoms with Crippen molar-refractivity contribution in [3.8, 4) is 0 Å². The third-order valence-corrected chi connectivity index (χ3v) is 1.17. The first-order valence-corrected chi connectivity index (χ1v) is 3.67. The van der Waals surface area contributed by atoms with Gasteiger partial charge >= 0.3 is 5.97 Å². The van der Waals surface area contributed by atoms with Gasteiger partial charge < -0.3 is 19.7 Å². The summed E-state index contributed by atoms with van der Waals surface area (Å²) in [5.74, 6) is -1.59. The van der Waals surface area contributed by atoms with E-state index >= 15 is 0 Å². The molecule has 0 atom stereocenters. The summed E-state index contributed by atoms with van der Waals surface area (Å²) in [4.78, 5) is 21.0. The molecular weight excluding hydrogens is 192 g/mol. The number of aliphatic carboxylic acids is 1. The van der Waals surface area contributed by atoms with E-state index in [9.17, 15) is 9.59 Å². The van der Waals surface area contributed by atoms with Crippen LogP contribution < -0.4 is 5.32 Å². The first kappa shape index (κ1) is 10.2. The molecule has 0 saturated carbocycles. The lowest BCUT2D eigenvalue weighted by Gasteiger charge is -2.00. The number of rotatable bonds is 5. The second kappa shape index (κ2) is 4.97. The Morgan fingerprint density at radius 3 is 2.93 bits per heavy atom. The van der Waals surface area contributed by atoms with Gasteiger partial charge in [-0.05, 0) is 0 Å². The third kappa shape index (κ3) is 3.68. The Morgan fingerprint density at radius 1 is 1.57 bits per heavy atom. The minimum absolute atomic E-state index is 0.322. The Morgan fingerprint density at radius 2 is 2.36 bits per heavy atom. The van der Waals surface area contributed by atoms with Gasteiger partial charge in [0.2, 0.25) is 0 Å². The van der Waals surface area contributed by atoms with Gasteiger partial charge in [0.1, 0.15) is 25.2 Å². The van der Waals surface area contributed by atoms with Crippen molar-refractivity contribution in [2.24, 2.45) is 0 Å². The highest BCUT2D eigenvalue weighted by Crippen LogP contribution is 2.02. The fraction of sp³-hybridized carbons (Fsp3) is 0.286. The lowest BCUT2D eigenvalue weighted by Crippen LogP contribution is -2.20. The molecule has 1 aromatic heterocycles. The van der Waals surface area contributed by atoms with Gasteiger partial charge in [0.15, 0.2) is 0 Å². The zero-order valence-electron chi connectivity index (χ0n) is 7.10. The van der Waals surface area contributed by atoms with Gasteiger partial charge in [0, 0.05) is 0 Å². The van der Waals surface area contributed by atoms with Crippen LogP contribution >= 0.6 is 0 Å². The number of aromatic nitrogens is 1. The number of nitrogens with one attached hydrogen (secondary N) is 1. The summed E-state index contributed by atoms with van der Waals surface area (Å²) in [5.41, 5.74) is 0.397. The molecule has 0 unspecified atom stereocenters. The quantitative estimate of drug-likeness (QED) is 0.677. The highest BCUT2D eigenvalue weighted by Gasteiger charge is 2.05. The minimum Gasteiger partial charge on any atom is -0.480 e. The molecule has 0 aliphatic carbocycles. The summed E-state index contributed by atoms with van der Waals surface area (Å²) in [6.07, 6.45) is 2.56. The number of carboxylic acids is 1. The Balaban J connectivity index is 2.20. The van der Waals surface area contributed by atoms with Gasteiger partial charge in [0.05, 0.1) is 6.20 Å². The Hall–Kier alpha value is -1.89. The van der Waals surface area contributed by atoms with Crippen molar-refractivity contribution in [3.63, 3.8) is 0 Å². The SMILES string of the molecule is O=C(O)COCC(=O)Nc1cnoc1. The lowest BCUT2D eigenvalue weighted by molar-refractivity contribution is -0.143. The third-order valence-electron chi connectivity index (χ3n) is 1.17. The molecule has 0 fully saturated rings. The van der Waals surface area contributed by atoms with Crippen LogP contribution in [-0.2, 0) is 14.3 Å². The summed E-state index contributed by atoms with van der Waals surface area (Å²) in [6.45, 7) is -0.825. The van der Waals surface area contributed by atoms with Crippen molar-refractivity contribution in [2.75, 3.05) is 18.5 Å². The van der Waals surface area contributed by atoms with E-state index in [-0.39, 0.29) is 6.61 Å². The Kier molecular flexibility index (Phi) is 3.62. The van der Waals surface area contributed by atoms with Crippen LogP contribution in [0.1, 0.15) is 0 Å². The molecule has 76 valence electrons. The molecule has 7 heteroatoms. The molecule has 0 bridgehead atoms. The predicted octanol–water partition coefficient (Wildman–Crippen LogP) is -0.286. The number of carboxylic acid groups (broad SMARTS) is 1. The lowest BCUT2D eigenvalue weighted by atomic mass is 10.5. The highest BCUT2D eigenvalue weighted by molar-refractivity contribution is 5.91. The number of ether oxygens (including phenoxy) is 1. The maximum atomic E-state index is 11.0. The molecule has 0 aliphatic heterocycles. The van der Waals surface area contributed by atoms with E-state index in [4.69, 9.17) is 5.11 Å². The molecule has 0 aliphatic rings. The minimum atomic E-state index is -1.12. The van der Waals surface area contributed by atoms with Crippen LogP contribution in [0.15, 0.2) is 17.0 Å². The van der Waals surface area contributed by atoms with Gasteiger partial charge in [-0.1, -0.05) is 5.16 Å². The first-order valence-electron chi connectivity index (χ1n) is 3.67. The molecule has 1 amide bonds. The van der Waals surface area contributed by atoms with Crippen LogP contribution in [0.5, 0.6) is 0 Å². The standard InChI is InChI=1S/C7H8N2O5/c10-6(3-13-4-7(11)12)9-5-1-8-14-2-5/h1-2H,3-4H2,(H,9,10)(H,11,12). The fourth-order valence-corrected chi connectivity index (χ4v) is 0.695. The van der Waals surface area contributed by atoms with Gasteiger partial charge in [-0.3, -0.25) is 4.79 Å². The van der Waals surface area contributed by atoms with E-state index in [0.717, 1.165) is 0 Å². The highest BCUT2D eigenvalue weighted by atomic mass is 16.5. The summed E-state index contributed by atoms with van der Waals surface area (Å²) < 4.78 is 9.00. The molecule has 0 aromatic carbocycles. The Bertz CT molecular complexity index is 308. The second-order valence-electron chi connectivity index (χ2n) is 2.35. The number of hydrogen-bond acceptors (Lipinski definition) is 5. The van der Waals surface area contributed by atoms with Crippen molar-refractivity contribution in [3.05, 3.63) is 12.5 Å². The number of nitrogens with zero attached hydrogens (tertiary/aromatic N) is 1. The van der Waals surface area contributed by atoms with E-state index in [1.165, 1.54) is 12.5 Å². The molecule has 1 aromatic rings. The average molecular weight is 200 g/mol. The van der Waals surface area contributed by atoms with Crippen LogP contribution in [0.25, 0.3) is 0 Å². The van der Waals surface area contributed by atoms with Crippen LogP contribution in [0.3, 0.4) is 0 Å². The zero-order valence-corrected chi connectivity index (χ0v) is 7.10. The van der Waals surface area contributed by atoms with Crippen LogP contribution in [-0.4, -0.2) is 35.4 Å². The zero-order chi connectivity index (χ0) is 10.4. The topological polar surface area (TPSA) is 102 Å². The second-order valence-corrected chi connectivity index (χ2v) is 2.35. The van der Waals surface area contributed by atoms with Crippen LogP contribution in [0.2, 0.25) is 0 Å². The van der Waals surface area contributed by atoms with Gasteiger partial charge in [-0.25, -0.2) is 4.79 Å². The van der Waals surface area contributed by atoms with E-state index in [2.05, 4.69) is 19.7 Å². The summed E-state index contributed by atoms with van der Waals surface area (Å²) in [5, 5.41) is 13.9. The maximum absolute atomic E-state index is 11.0. The number of amides is 1.